The fourth-order valence-electron chi connectivity index (χ4n) is 1.75. The summed E-state index contributed by atoms with van der Waals surface area (Å²) < 4.78 is 5.77. The highest BCUT2D eigenvalue weighted by Crippen LogP contribution is 2.25. The molecule has 0 aliphatic carbocycles. The van der Waals surface area contributed by atoms with Crippen LogP contribution in [0.3, 0.4) is 0 Å². The molecule has 0 saturated carbocycles. The van der Waals surface area contributed by atoms with Gasteiger partial charge in [0.15, 0.2) is 0 Å². The third kappa shape index (κ3) is 2.31. The highest BCUT2D eigenvalue weighted by Gasteiger charge is 2.37. The van der Waals surface area contributed by atoms with Crippen LogP contribution in [0, 0.1) is 0 Å². The fraction of sp³-hybridized carbons (Fsp3) is 1.00. The van der Waals surface area contributed by atoms with E-state index >= 15 is 0 Å². The van der Waals surface area contributed by atoms with Gasteiger partial charge >= 0.3 is 0 Å². The molecular formula is C9H20O2Si. The van der Waals surface area contributed by atoms with Crippen molar-refractivity contribution < 1.29 is 9.84 Å². The topological polar surface area (TPSA) is 29.5 Å². The van der Waals surface area contributed by atoms with Crippen molar-refractivity contribution in [3.63, 3.8) is 0 Å². The Bertz CT molecular complexity index is 153. The van der Waals surface area contributed by atoms with Gasteiger partial charge < -0.3 is 9.84 Å². The molecule has 12 heavy (non-hydrogen) atoms. The molecule has 1 aliphatic heterocycles. The van der Waals surface area contributed by atoms with Crippen LogP contribution in [0.4, 0.5) is 0 Å². The Balaban J connectivity index is 2.61. The zero-order valence-corrected chi connectivity index (χ0v) is 9.50. The number of ether oxygens (including phenoxy) is 1. The Morgan fingerprint density at radius 1 is 1.25 bits per heavy atom. The molecular weight excluding hydrogens is 168 g/mol. The molecule has 1 aliphatic rings. The molecule has 0 aromatic heterocycles. The Morgan fingerprint density at radius 2 is 1.83 bits per heavy atom. The standard InChI is InChI=1S/C9H20O2Si/c1-7-5-6-8(10)9(11-7)12(2,3)4/h7-10H,5-6H2,1-4H3. The maximum atomic E-state index is 9.73. The Hall–Kier alpha value is 0.137. The minimum Gasteiger partial charge on any atom is -0.391 e. The molecule has 0 aromatic rings. The monoisotopic (exact) mass is 188 g/mol. The van der Waals surface area contributed by atoms with Crippen LogP contribution in [0.1, 0.15) is 19.8 Å². The summed E-state index contributed by atoms with van der Waals surface area (Å²) in [5, 5.41) is 9.73. The quantitative estimate of drug-likeness (QED) is 0.636. The first kappa shape index (κ1) is 10.2. The van der Waals surface area contributed by atoms with Gasteiger partial charge in [-0.3, -0.25) is 0 Å². The second-order valence-corrected chi connectivity index (χ2v) is 10.2. The second kappa shape index (κ2) is 3.48. The maximum absolute atomic E-state index is 9.73. The summed E-state index contributed by atoms with van der Waals surface area (Å²) in [6.07, 6.45) is 2.04. The van der Waals surface area contributed by atoms with Crippen molar-refractivity contribution in [3.05, 3.63) is 0 Å². The smallest absolute Gasteiger partial charge is 0.0819 e. The van der Waals surface area contributed by atoms with Crippen LogP contribution in [0.25, 0.3) is 0 Å². The largest absolute Gasteiger partial charge is 0.391 e. The molecule has 3 atom stereocenters. The lowest BCUT2D eigenvalue weighted by atomic mass is 10.1. The summed E-state index contributed by atoms with van der Waals surface area (Å²) in [4.78, 5) is 0. The Kier molecular flexibility index (Phi) is 2.96. The molecule has 1 saturated heterocycles. The van der Waals surface area contributed by atoms with Gasteiger partial charge in [0.25, 0.3) is 0 Å². The fourth-order valence-corrected chi connectivity index (χ4v) is 3.71. The van der Waals surface area contributed by atoms with Crippen LogP contribution in [0.5, 0.6) is 0 Å². The van der Waals surface area contributed by atoms with Crippen LogP contribution < -0.4 is 0 Å². The molecule has 3 heteroatoms. The van der Waals surface area contributed by atoms with E-state index in [9.17, 15) is 5.11 Å². The molecule has 1 N–H and O–H groups in total. The van der Waals surface area contributed by atoms with Crippen LogP contribution in [0.2, 0.25) is 19.6 Å². The van der Waals surface area contributed by atoms with E-state index in [0.717, 1.165) is 12.8 Å². The predicted molar refractivity (Wildman–Crippen MR) is 52.9 cm³/mol. The summed E-state index contributed by atoms with van der Waals surface area (Å²) in [6, 6.07) is 0. The normalized spacial score (nSPS) is 38.2. The van der Waals surface area contributed by atoms with Gasteiger partial charge in [-0.2, -0.15) is 0 Å². The first-order chi connectivity index (χ1) is 5.41. The van der Waals surface area contributed by atoms with Crippen LogP contribution in [0.15, 0.2) is 0 Å². The molecule has 0 spiro atoms. The minimum atomic E-state index is -1.33. The average molecular weight is 188 g/mol. The summed E-state index contributed by atoms with van der Waals surface area (Å²) in [6.45, 7) is 8.84. The van der Waals surface area contributed by atoms with Gasteiger partial charge in [0, 0.05) is 0 Å². The molecule has 1 fully saturated rings. The third-order valence-corrected chi connectivity index (χ3v) is 4.68. The Morgan fingerprint density at radius 3 is 2.25 bits per heavy atom. The highest BCUT2D eigenvalue weighted by atomic mass is 28.3. The number of rotatable bonds is 1. The van der Waals surface area contributed by atoms with Crippen molar-refractivity contribution >= 4 is 8.07 Å². The number of aliphatic hydroxyl groups excluding tert-OH is 1. The van der Waals surface area contributed by atoms with Gasteiger partial charge in [0.2, 0.25) is 0 Å². The summed E-state index contributed by atoms with van der Waals surface area (Å²) in [5.41, 5.74) is 0.140. The summed E-state index contributed by atoms with van der Waals surface area (Å²) in [5.74, 6) is 0. The van der Waals surface area contributed by atoms with E-state index in [0.29, 0.717) is 6.10 Å². The molecule has 0 radical (unpaired) electrons. The molecule has 1 heterocycles. The first-order valence-corrected chi connectivity index (χ1v) is 8.32. The molecule has 2 nitrogen and oxygen atoms in total. The van der Waals surface area contributed by atoms with E-state index in [1.807, 2.05) is 0 Å². The second-order valence-electron chi connectivity index (χ2n) is 4.88. The molecule has 0 bridgehead atoms. The zero-order chi connectivity index (χ0) is 9.35. The van der Waals surface area contributed by atoms with E-state index in [-0.39, 0.29) is 11.8 Å². The summed E-state index contributed by atoms with van der Waals surface area (Å²) >= 11 is 0. The Labute approximate surface area is 75.9 Å². The van der Waals surface area contributed by atoms with Crippen molar-refractivity contribution in [2.45, 2.75) is 57.3 Å². The van der Waals surface area contributed by atoms with Gasteiger partial charge in [0.05, 0.1) is 26.0 Å². The third-order valence-electron chi connectivity index (χ3n) is 2.45. The lowest BCUT2D eigenvalue weighted by Crippen LogP contribution is -2.52. The van der Waals surface area contributed by atoms with Crippen molar-refractivity contribution in [1.29, 1.82) is 0 Å². The van der Waals surface area contributed by atoms with Gasteiger partial charge in [-0.15, -0.1) is 0 Å². The van der Waals surface area contributed by atoms with Gasteiger partial charge in [-0.05, 0) is 19.8 Å². The number of aliphatic hydroxyl groups is 1. The molecule has 0 amide bonds. The molecule has 0 aromatic carbocycles. The van der Waals surface area contributed by atoms with Crippen LogP contribution in [-0.4, -0.2) is 31.1 Å². The van der Waals surface area contributed by atoms with Gasteiger partial charge in [-0.1, -0.05) is 19.6 Å². The van der Waals surface area contributed by atoms with Gasteiger partial charge in [0.1, 0.15) is 0 Å². The molecule has 1 rings (SSSR count). The first-order valence-electron chi connectivity index (χ1n) is 4.75. The highest BCUT2D eigenvalue weighted by molar-refractivity contribution is 6.77. The minimum absolute atomic E-state index is 0.140. The van der Waals surface area contributed by atoms with E-state index in [1.54, 1.807) is 0 Å². The van der Waals surface area contributed by atoms with E-state index in [2.05, 4.69) is 26.6 Å². The van der Waals surface area contributed by atoms with E-state index in [4.69, 9.17) is 4.74 Å². The molecule has 3 unspecified atom stereocenters. The SMILES string of the molecule is CC1CCC(O)C([Si](C)(C)C)O1. The lowest BCUT2D eigenvalue weighted by Gasteiger charge is -2.39. The van der Waals surface area contributed by atoms with E-state index < -0.39 is 8.07 Å². The van der Waals surface area contributed by atoms with Crippen molar-refractivity contribution in [1.82, 2.24) is 0 Å². The average Bonchev–Trinajstić information content (AvgIpc) is 1.92. The van der Waals surface area contributed by atoms with Gasteiger partial charge in [-0.25, -0.2) is 0 Å². The van der Waals surface area contributed by atoms with Crippen molar-refractivity contribution in [2.75, 3.05) is 0 Å². The zero-order valence-electron chi connectivity index (χ0n) is 8.50. The number of hydrogen-bond donors (Lipinski definition) is 1. The van der Waals surface area contributed by atoms with Crippen LogP contribution in [-0.2, 0) is 4.74 Å². The molecule has 72 valence electrons. The lowest BCUT2D eigenvalue weighted by molar-refractivity contribution is -0.0762. The number of hydrogen-bond acceptors (Lipinski definition) is 2. The van der Waals surface area contributed by atoms with Crippen molar-refractivity contribution in [3.8, 4) is 0 Å². The summed E-state index contributed by atoms with van der Waals surface area (Å²) in [7, 11) is -1.33. The van der Waals surface area contributed by atoms with E-state index in [1.165, 1.54) is 0 Å². The van der Waals surface area contributed by atoms with Crippen LogP contribution >= 0.6 is 0 Å². The predicted octanol–water partition coefficient (Wildman–Crippen LogP) is 1.79. The maximum Gasteiger partial charge on any atom is 0.0819 e. The van der Waals surface area contributed by atoms with Crippen molar-refractivity contribution in [2.24, 2.45) is 0 Å².